The zero-order valence-electron chi connectivity index (χ0n) is 12.0. The molecule has 110 valence electrons. The van der Waals surface area contributed by atoms with E-state index in [9.17, 15) is 9.90 Å². The van der Waals surface area contributed by atoms with E-state index in [1.165, 1.54) is 0 Å². The third kappa shape index (κ3) is 2.57. The number of hydrogen-bond donors (Lipinski definition) is 3. The molecule has 1 atom stereocenters. The van der Waals surface area contributed by atoms with Crippen molar-refractivity contribution >= 4 is 0 Å². The van der Waals surface area contributed by atoms with Crippen molar-refractivity contribution in [3.8, 4) is 5.75 Å². The van der Waals surface area contributed by atoms with E-state index in [1.807, 2.05) is 31.2 Å². The molecule has 0 aliphatic carbocycles. The van der Waals surface area contributed by atoms with Crippen molar-refractivity contribution in [3.63, 3.8) is 0 Å². The fourth-order valence-corrected chi connectivity index (χ4v) is 2.85. The lowest BCUT2D eigenvalue weighted by Crippen LogP contribution is -2.45. The summed E-state index contributed by atoms with van der Waals surface area (Å²) < 4.78 is 1.72. The molecule has 1 aromatic carbocycles. The smallest absolute Gasteiger partial charge is 0.253 e. The van der Waals surface area contributed by atoms with Crippen LogP contribution in [0.4, 0.5) is 0 Å². The quantitative estimate of drug-likeness (QED) is 0.784. The van der Waals surface area contributed by atoms with Crippen LogP contribution in [-0.4, -0.2) is 22.9 Å². The SMILES string of the molecule is Cc1cccn(CC2(c3cccc(O)c3)CNCN2)c1=O. The third-order valence-corrected chi connectivity index (χ3v) is 4.03. The van der Waals surface area contributed by atoms with Gasteiger partial charge in [-0.25, -0.2) is 0 Å². The average Bonchev–Trinajstić information content (AvgIpc) is 2.94. The van der Waals surface area contributed by atoms with Gasteiger partial charge in [-0.05, 0) is 30.7 Å². The molecule has 1 aromatic heterocycles. The van der Waals surface area contributed by atoms with Crippen LogP contribution in [0.2, 0.25) is 0 Å². The Labute approximate surface area is 123 Å². The number of aromatic nitrogens is 1. The first-order valence-corrected chi connectivity index (χ1v) is 7.02. The maximum absolute atomic E-state index is 12.3. The lowest BCUT2D eigenvalue weighted by atomic mass is 9.90. The van der Waals surface area contributed by atoms with Gasteiger partial charge in [-0.1, -0.05) is 18.2 Å². The fraction of sp³-hybridized carbons (Fsp3) is 0.312. The van der Waals surface area contributed by atoms with Crippen LogP contribution in [0.5, 0.6) is 5.75 Å². The van der Waals surface area contributed by atoms with Crippen LogP contribution in [0.1, 0.15) is 11.1 Å². The largest absolute Gasteiger partial charge is 0.508 e. The molecular formula is C16H19N3O2. The summed E-state index contributed by atoms with van der Waals surface area (Å²) in [5.74, 6) is 0.233. The van der Waals surface area contributed by atoms with Gasteiger partial charge in [0.05, 0.1) is 5.54 Å². The average molecular weight is 285 g/mol. The number of aromatic hydroxyl groups is 1. The monoisotopic (exact) mass is 285 g/mol. The van der Waals surface area contributed by atoms with Gasteiger partial charge in [-0.2, -0.15) is 0 Å². The Balaban J connectivity index is 2.02. The maximum atomic E-state index is 12.3. The molecule has 0 radical (unpaired) electrons. The summed E-state index contributed by atoms with van der Waals surface area (Å²) in [5, 5.41) is 16.4. The molecule has 1 fully saturated rings. The number of aryl methyl sites for hydroxylation is 1. The predicted octanol–water partition coefficient (Wildman–Crippen LogP) is 0.908. The molecule has 5 nitrogen and oxygen atoms in total. The highest BCUT2D eigenvalue weighted by molar-refractivity contribution is 5.34. The van der Waals surface area contributed by atoms with E-state index in [2.05, 4.69) is 10.6 Å². The van der Waals surface area contributed by atoms with Crippen LogP contribution in [0.25, 0.3) is 0 Å². The minimum Gasteiger partial charge on any atom is -0.508 e. The summed E-state index contributed by atoms with van der Waals surface area (Å²) in [4.78, 5) is 12.3. The van der Waals surface area contributed by atoms with E-state index in [-0.39, 0.29) is 11.3 Å². The molecule has 21 heavy (non-hydrogen) atoms. The summed E-state index contributed by atoms with van der Waals surface area (Å²) in [6.45, 7) is 3.72. The van der Waals surface area contributed by atoms with Gasteiger partial charge < -0.3 is 15.0 Å². The number of benzene rings is 1. The Morgan fingerprint density at radius 3 is 2.90 bits per heavy atom. The third-order valence-electron chi connectivity index (χ3n) is 4.03. The number of phenols is 1. The van der Waals surface area contributed by atoms with Gasteiger partial charge in [-0.15, -0.1) is 0 Å². The van der Waals surface area contributed by atoms with Crippen molar-refractivity contribution < 1.29 is 5.11 Å². The van der Waals surface area contributed by atoms with Gasteiger partial charge in [0, 0.05) is 31.5 Å². The van der Waals surface area contributed by atoms with E-state index < -0.39 is 5.54 Å². The van der Waals surface area contributed by atoms with Gasteiger partial charge in [0.25, 0.3) is 5.56 Å². The molecule has 0 amide bonds. The number of nitrogens with one attached hydrogen (secondary N) is 2. The summed E-state index contributed by atoms with van der Waals surface area (Å²) in [6, 6.07) is 10.9. The first-order valence-electron chi connectivity index (χ1n) is 7.02. The number of pyridine rings is 1. The van der Waals surface area contributed by atoms with Gasteiger partial charge in [0.2, 0.25) is 0 Å². The van der Waals surface area contributed by atoms with Crippen LogP contribution in [-0.2, 0) is 12.1 Å². The highest BCUT2D eigenvalue weighted by Crippen LogP contribution is 2.27. The van der Waals surface area contributed by atoms with Crippen LogP contribution in [0, 0.1) is 6.92 Å². The number of nitrogens with zero attached hydrogens (tertiary/aromatic N) is 1. The Morgan fingerprint density at radius 1 is 1.33 bits per heavy atom. The van der Waals surface area contributed by atoms with Gasteiger partial charge >= 0.3 is 0 Å². The molecule has 3 rings (SSSR count). The molecule has 3 N–H and O–H groups in total. The molecule has 1 saturated heterocycles. The summed E-state index contributed by atoms with van der Waals surface area (Å²) in [6.07, 6.45) is 1.81. The predicted molar refractivity (Wildman–Crippen MR) is 81.2 cm³/mol. The molecule has 1 aliphatic heterocycles. The second-order valence-electron chi connectivity index (χ2n) is 5.54. The second-order valence-corrected chi connectivity index (χ2v) is 5.54. The molecule has 0 saturated carbocycles. The number of phenolic OH excluding ortho intramolecular Hbond substituents is 1. The van der Waals surface area contributed by atoms with Crippen molar-refractivity contribution in [2.75, 3.05) is 13.2 Å². The zero-order chi connectivity index (χ0) is 14.9. The van der Waals surface area contributed by atoms with Crippen molar-refractivity contribution in [3.05, 3.63) is 64.1 Å². The Hall–Kier alpha value is -2.11. The first-order chi connectivity index (χ1) is 10.1. The summed E-state index contributed by atoms with van der Waals surface area (Å²) in [7, 11) is 0. The van der Waals surface area contributed by atoms with E-state index in [0.29, 0.717) is 19.8 Å². The van der Waals surface area contributed by atoms with Crippen molar-refractivity contribution in [1.29, 1.82) is 0 Å². The summed E-state index contributed by atoms with van der Waals surface area (Å²) in [5.41, 5.74) is 1.33. The maximum Gasteiger partial charge on any atom is 0.253 e. The number of hydrogen-bond acceptors (Lipinski definition) is 4. The van der Waals surface area contributed by atoms with E-state index >= 15 is 0 Å². The Bertz CT molecular complexity index is 703. The molecule has 2 aromatic rings. The normalized spacial score (nSPS) is 21.6. The second kappa shape index (κ2) is 5.35. The minimum absolute atomic E-state index is 0.0192. The Kier molecular flexibility index (Phi) is 3.53. The Morgan fingerprint density at radius 2 is 2.19 bits per heavy atom. The molecule has 5 heteroatoms. The minimum atomic E-state index is -0.393. The van der Waals surface area contributed by atoms with E-state index in [4.69, 9.17) is 0 Å². The molecule has 2 heterocycles. The highest BCUT2D eigenvalue weighted by Gasteiger charge is 2.36. The lowest BCUT2D eigenvalue weighted by Gasteiger charge is -2.30. The van der Waals surface area contributed by atoms with Crippen molar-refractivity contribution in [2.24, 2.45) is 0 Å². The van der Waals surface area contributed by atoms with Gasteiger partial charge in [0.1, 0.15) is 5.75 Å². The molecule has 1 unspecified atom stereocenters. The van der Waals surface area contributed by atoms with Crippen LogP contribution in [0.3, 0.4) is 0 Å². The number of rotatable bonds is 3. The molecule has 1 aliphatic rings. The first kappa shape index (κ1) is 13.9. The van der Waals surface area contributed by atoms with E-state index in [1.54, 1.807) is 22.9 Å². The molecular weight excluding hydrogens is 266 g/mol. The van der Waals surface area contributed by atoms with Crippen molar-refractivity contribution in [1.82, 2.24) is 15.2 Å². The topological polar surface area (TPSA) is 66.3 Å². The van der Waals surface area contributed by atoms with Crippen LogP contribution >= 0.6 is 0 Å². The standard InChI is InChI=1S/C16H19N3O2/c1-12-4-3-7-19(15(12)21)10-16(9-17-11-18-16)13-5-2-6-14(20)8-13/h2-8,17-18,20H,9-11H2,1H3. The fourth-order valence-electron chi connectivity index (χ4n) is 2.85. The zero-order valence-corrected chi connectivity index (χ0v) is 12.0. The van der Waals surface area contributed by atoms with Crippen LogP contribution in [0.15, 0.2) is 47.4 Å². The lowest BCUT2D eigenvalue weighted by molar-refractivity contribution is 0.344. The molecule has 0 spiro atoms. The van der Waals surface area contributed by atoms with Gasteiger partial charge in [-0.3, -0.25) is 10.1 Å². The molecule has 0 bridgehead atoms. The van der Waals surface area contributed by atoms with Crippen LogP contribution < -0.4 is 16.2 Å². The highest BCUT2D eigenvalue weighted by atomic mass is 16.3. The summed E-state index contributed by atoms with van der Waals surface area (Å²) >= 11 is 0. The van der Waals surface area contributed by atoms with Gasteiger partial charge in [0.15, 0.2) is 0 Å². The van der Waals surface area contributed by atoms with E-state index in [0.717, 1.165) is 11.1 Å². The van der Waals surface area contributed by atoms with Crippen molar-refractivity contribution in [2.45, 2.75) is 19.0 Å².